The number of halogens is 1. The van der Waals surface area contributed by atoms with Gasteiger partial charge in [0.25, 0.3) is 0 Å². The first-order valence-electron chi connectivity index (χ1n) is 6.36. The van der Waals surface area contributed by atoms with Gasteiger partial charge < -0.3 is 9.84 Å². The van der Waals surface area contributed by atoms with Crippen LogP contribution in [0, 0.1) is 5.92 Å². The van der Waals surface area contributed by atoms with E-state index in [1.54, 1.807) is 0 Å². The molecule has 1 N–H and O–H groups in total. The monoisotopic (exact) mass is 252 g/mol. The van der Waals surface area contributed by atoms with Crippen molar-refractivity contribution in [1.29, 1.82) is 0 Å². The second kappa shape index (κ2) is 4.51. The molecule has 2 aliphatic rings. The van der Waals surface area contributed by atoms with Gasteiger partial charge in [-0.3, -0.25) is 0 Å². The topological polar surface area (TPSA) is 29.5 Å². The number of ether oxygens (including phenoxy) is 1. The molecule has 92 valence electrons. The highest BCUT2D eigenvalue weighted by atomic mass is 35.5. The van der Waals surface area contributed by atoms with Gasteiger partial charge in [-0.1, -0.05) is 11.6 Å². The molecule has 1 heterocycles. The van der Waals surface area contributed by atoms with E-state index in [2.05, 4.69) is 0 Å². The average Bonchev–Trinajstić information content (AvgIpc) is 3.05. The lowest BCUT2D eigenvalue weighted by molar-refractivity contribution is 0.141. The second-order valence-electron chi connectivity index (χ2n) is 5.10. The maximum absolute atomic E-state index is 9.89. The van der Waals surface area contributed by atoms with Crippen molar-refractivity contribution in [2.24, 2.45) is 5.92 Å². The zero-order valence-electron chi connectivity index (χ0n) is 9.79. The third kappa shape index (κ3) is 2.43. The lowest BCUT2D eigenvalue weighted by Gasteiger charge is -2.12. The second-order valence-corrected chi connectivity index (χ2v) is 5.53. The molecule has 0 spiro atoms. The van der Waals surface area contributed by atoms with Crippen LogP contribution in [-0.4, -0.2) is 17.8 Å². The minimum atomic E-state index is -0.147. The smallest absolute Gasteiger partial charge is 0.125 e. The van der Waals surface area contributed by atoms with Crippen LogP contribution < -0.4 is 4.74 Å². The van der Waals surface area contributed by atoms with Gasteiger partial charge in [-0.2, -0.15) is 0 Å². The summed E-state index contributed by atoms with van der Waals surface area (Å²) in [6, 6.07) is 3.97. The maximum atomic E-state index is 9.89. The molecular formula is C14H17ClO2. The van der Waals surface area contributed by atoms with Crippen molar-refractivity contribution in [3.8, 4) is 5.75 Å². The van der Waals surface area contributed by atoms with E-state index in [9.17, 15) is 5.11 Å². The lowest BCUT2D eigenvalue weighted by Crippen LogP contribution is -2.10. The van der Waals surface area contributed by atoms with Gasteiger partial charge >= 0.3 is 0 Å². The van der Waals surface area contributed by atoms with Crippen LogP contribution in [0.1, 0.15) is 30.4 Å². The largest absolute Gasteiger partial charge is 0.493 e. The van der Waals surface area contributed by atoms with Gasteiger partial charge in [0.2, 0.25) is 0 Å². The number of aryl methyl sites for hydroxylation is 1. The molecule has 0 bridgehead atoms. The summed E-state index contributed by atoms with van der Waals surface area (Å²) in [7, 11) is 0. The summed E-state index contributed by atoms with van der Waals surface area (Å²) in [5.41, 5.74) is 2.37. The summed E-state index contributed by atoms with van der Waals surface area (Å²) in [5.74, 6) is 1.56. The molecule has 1 aliphatic heterocycles. The molecule has 2 nitrogen and oxygen atoms in total. The maximum Gasteiger partial charge on any atom is 0.125 e. The van der Waals surface area contributed by atoms with Crippen molar-refractivity contribution < 1.29 is 9.84 Å². The molecule has 0 aromatic heterocycles. The first-order valence-corrected chi connectivity index (χ1v) is 6.74. The minimum absolute atomic E-state index is 0.147. The van der Waals surface area contributed by atoms with E-state index >= 15 is 0 Å². The van der Waals surface area contributed by atoms with E-state index < -0.39 is 0 Å². The van der Waals surface area contributed by atoms with E-state index in [1.165, 1.54) is 18.4 Å². The molecule has 1 unspecified atom stereocenters. The summed E-state index contributed by atoms with van der Waals surface area (Å²) < 4.78 is 5.65. The van der Waals surface area contributed by atoms with Crippen LogP contribution in [0.2, 0.25) is 5.02 Å². The van der Waals surface area contributed by atoms with Crippen LogP contribution in [0.4, 0.5) is 0 Å². The summed E-state index contributed by atoms with van der Waals surface area (Å²) in [4.78, 5) is 0. The van der Waals surface area contributed by atoms with Crippen LogP contribution in [-0.2, 0) is 12.8 Å². The Morgan fingerprint density at radius 3 is 3.00 bits per heavy atom. The molecule has 1 atom stereocenters. The molecule has 0 saturated heterocycles. The van der Waals surface area contributed by atoms with Crippen molar-refractivity contribution in [2.45, 2.75) is 38.2 Å². The third-order valence-corrected chi connectivity index (χ3v) is 3.92. The SMILES string of the molecule is OC(CCc1cc(Cl)cc2c1OCC2)C1CC1. The van der Waals surface area contributed by atoms with Gasteiger partial charge in [0, 0.05) is 11.4 Å². The van der Waals surface area contributed by atoms with Gasteiger partial charge in [0.15, 0.2) is 0 Å². The minimum Gasteiger partial charge on any atom is -0.493 e. The number of aliphatic hydroxyl groups is 1. The van der Waals surface area contributed by atoms with Crippen LogP contribution >= 0.6 is 11.6 Å². The quantitative estimate of drug-likeness (QED) is 0.893. The number of hydrogen-bond acceptors (Lipinski definition) is 2. The number of hydrogen-bond donors (Lipinski definition) is 1. The van der Waals surface area contributed by atoms with Gasteiger partial charge in [0.1, 0.15) is 5.75 Å². The Balaban J connectivity index is 1.73. The van der Waals surface area contributed by atoms with Gasteiger partial charge in [-0.15, -0.1) is 0 Å². The Bertz CT molecular complexity index is 426. The van der Waals surface area contributed by atoms with E-state index in [-0.39, 0.29) is 6.10 Å². The fourth-order valence-electron chi connectivity index (χ4n) is 2.55. The number of benzene rings is 1. The molecule has 1 fully saturated rings. The third-order valence-electron chi connectivity index (χ3n) is 3.70. The van der Waals surface area contributed by atoms with Crippen LogP contribution in [0.25, 0.3) is 0 Å². The number of aliphatic hydroxyl groups excluding tert-OH is 1. The normalized spacial score (nSPS) is 19.9. The van der Waals surface area contributed by atoms with Crippen molar-refractivity contribution in [3.63, 3.8) is 0 Å². The van der Waals surface area contributed by atoms with Crippen molar-refractivity contribution in [1.82, 2.24) is 0 Å². The van der Waals surface area contributed by atoms with Gasteiger partial charge in [0.05, 0.1) is 12.7 Å². The predicted molar refractivity (Wildman–Crippen MR) is 67.7 cm³/mol. The number of fused-ring (bicyclic) bond motifs is 1. The summed E-state index contributed by atoms with van der Waals surface area (Å²) in [6.07, 6.45) is 4.86. The van der Waals surface area contributed by atoms with E-state index in [1.807, 2.05) is 12.1 Å². The Hall–Kier alpha value is -0.730. The molecule has 1 aromatic carbocycles. The predicted octanol–water partition coefficient (Wildman–Crippen LogP) is 2.98. The average molecular weight is 253 g/mol. The Morgan fingerprint density at radius 1 is 1.41 bits per heavy atom. The highest BCUT2D eigenvalue weighted by molar-refractivity contribution is 6.30. The molecular weight excluding hydrogens is 236 g/mol. The van der Waals surface area contributed by atoms with Crippen LogP contribution in [0.3, 0.4) is 0 Å². The molecule has 1 aliphatic carbocycles. The summed E-state index contributed by atoms with van der Waals surface area (Å²) >= 11 is 6.10. The van der Waals surface area contributed by atoms with Crippen LogP contribution in [0.5, 0.6) is 5.75 Å². The first kappa shape index (κ1) is 11.4. The fourth-order valence-corrected chi connectivity index (χ4v) is 2.82. The number of rotatable bonds is 4. The van der Waals surface area contributed by atoms with Gasteiger partial charge in [-0.25, -0.2) is 0 Å². The molecule has 1 saturated carbocycles. The van der Waals surface area contributed by atoms with E-state index in [4.69, 9.17) is 16.3 Å². The fraction of sp³-hybridized carbons (Fsp3) is 0.571. The van der Waals surface area contributed by atoms with Gasteiger partial charge in [-0.05, 0) is 54.9 Å². The summed E-state index contributed by atoms with van der Waals surface area (Å²) in [5, 5.41) is 10.7. The first-order chi connectivity index (χ1) is 8.24. The molecule has 3 rings (SSSR count). The molecule has 17 heavy (non-hydrogen) atoms. The van der Waals surface area contributed by atoms with Crippen molar-refractivity contribution in [2.75, 3.05) is 6.61 Å². The van der Waals surface area contributed by atoms with Crippen molar-refractivity contribution in [3.05, 3.63) is 28.3 Å². The molecule has 0 radical (unpaired) electrons. The Kier molecular flexibility index (Phi) is 3.01. The zero-order chi connectivity index (χ0) is 11.8. The van der Waals surface area contributed by atoms with E-state index in [0.29, 0.717) is 5.92 Å². The summed E-state index contributed by atoms with van der Waals surface area (Å²) in [6.45, 7) is 0.758. The lowest BCUT2D eigenvalue weighted by atomic mass is 10.0. The standard InChI is InChI=1S/C14H17ClO2/c15-12-7-10(3-4-13(16)9-1-2-9)14-11(8-12)5-6-17-14/h7-9,13,16H,1-6H2. The van der Waals surface area contributed by atoms with Crippen molar-refractivity contribution >= 4 is 11.6 Å². The van der Waals surface area contributed by atoms with E-state index in [0.717, 1.165) is 42.2 Å². The molecule has 0 amide bonds. The Morgan fingerprint density at radius 2 is 2.24 bits per heavy atom. The highest BCUT2D eigenvalue weighted by Gasteiger charge is 2.29. The zero-order valence-corrected chi connectivity index (χ0v) is 10.5. The molecule has 3 heteroatoms. The molecule has 1 aromatic rings. The van der Waals surface area contributed by atoms with Crippen LogP contribution in [0.15, 0.2) is 12.1 Å². The highest BCUT2D eigenvalue weighted by Crippen LogP contribution is 2.37. The Labute approximate surface area is 107 Å².